The van der Waals surface area contributed by atoms with Gasteiger partial charge in [-0.25, -0.2) is 0 Å². The Morgan fingerprint density at radius 2 is 1.06 bits per heavy atom. The van der Waals surface area contributed by atoms with E-state index in [2.05, 4.69) is 236 Å². The first-order chi connectivity index (χ1) is 32.1. The molecule has 1 aromatic heterocycles. The minimum absolute atomic E-state index is 0.254. The monoisotopic (exact) mass is 837 g/mol. The van der Waals surface area contributed by atoms with Gasteiger partial charge < -0.3 is 14.1 Å². The Hall–Kier alpha value is -8.14. The zero-order valence-corrected chi connectivity index (χ0v) is 36.3. The Balaban J connectivity index is 0.892. The van der Waals surface area contributed by atoms with Gasteiger partial charge in [0.05, 0.1) is 0 Å². The Labute approximate surface area is 380 Å². The van der Waals surface area contributed by atoms with Crippen LogP contribution in [0, 0.1) is 0 Å². The van der Waals surface area contributed by atoms with Crippen molar-refractivity contribution in [2.45, 2.75) is 19.3 Å². The van der Waals surface area contributed by atoms with Crippen molar-refractivity contribution in [3.8, 4) is 39.1 Å². The van der Waals surface area contributed by atoms with Crippen LogP contribution in [0.5, 0.6) is 5.75 Å². The van der Waals surface area contributed by atoms with Crippen molar-refractivity contribution in [1.82, 2.24) is 0 Å². The van der Waals surface area contributed by atoms with E-state index < -0.39 is 0 Å². The van der Waals surface area contributed by atoms with Crippen molar-refractivity contribution < 1.29 is 9.15 Å². The van der Waals surface area contributed by atoms with E-state index in [-0.39, 0.29) is 5.92 Å². The second-order valence-corrected chi connectivity index (χ2v) is 16.8. The molecular formula is C62H47NO2. The summed E-state index contributed by atoms with van der Waals surface area (Å²) in [6.45, 7) is 2.76. The van der Waals surface area contributed by atoms with Crippen molar-refractivity contribution in [2.75, 3.05) is 11.5 Å². The molecule has 8 aromatic carbocycles. The van der Waals surface area contributed by atoms with Gasteiger partial charge in [-0.3, -0.25) is 0 Å². The van der Waals surface area contributed by atoms with E-state index in [9.17, 15) is 0 Å². The van der Waals surface area contributed by atoms with E-state index in [1.807, 2.05) is 12.1 Å². The number of para-hydroxylation sites is 3. The molecule has 0 fully saturated rings. The highest BCUT2D eigenvalue weighted by Gasteiger charge is 2.18. The highest BCUT2D eigenvalue weighted by Crippen LogP contribution is 2.41. The normalized spacial score (nSPS) is 15.7. The Bertz CT molecular complexity index is 3310. The van der Waals surface area contributed by atoms with Crippen LogP contribution in [0.3, 0.4) is 0 Å². The van der Waals surface area contributed by atoms with Gasteiger partial charge >= 0.3 is 0 Å². The molecule has 0 amide bonds. The number of hydrogen-bond acceptors (Lipinski definition) is 3. The number of furan rings is 1. The second kappa shape index (κ2) is 17.6. The number of hydrogen-bond donors (Lipinski definition) is 0. The molecule has 1 atom stereocenters. The third-order valence-electron chi connectivity index (χ3n) is 12.7. The minimum Gasteiger partial charge on any atom is -0.489 e. The fraction of sp³-hybridized carbons (Fsp3) is 0.0645. The topological polar surface area (TPSA) is 25.6 Å². The van der Waals surface area contributed by atoms with E-state index in [0.717, 1.165) is 84.6 Å². The molecule has 1 aliphatic carbocycles. The van der Waals surface area contributed by atoms with Gasteiger partial charge in [-0.05, 0) is 99.5 Å². The molecule has 1 aliphatic heterocycles. The van der Waals surface area contributed by atoms with Crippen LogP contribution < -0.4 is 9.64 Å². The van der Waals surface area contributed by atoms with Gasteiger partial charge in [0.1, 0.15) is 23.5 Å². The summed E-state index contributed by atoms with van der Waals surface area (Å²) in [5.41, 5.74) is 18.0. The molecule has 2 aliphatic rings. The number of benzene rings is 8. The standard InChI is InChI=1S/C62H47NO2/c1-43-13-4-3-9-42-64-61-55(43)19-11-20-56(61)51-28-25-46(26-29-51)49-34-40-54(41-35-49)63(52-36-30-47(31-37-52)44-14-5-2-6-15-44)53-38-32-48(33-39-53)45-16-10-17-50(27-24-45)57-21-12-22-59-58-18-7-8-23-60(58)65-62(57)59/h2-16,18-41,43H,17,42H2,1H3/b9-3-,13-4-. The molecule has 0 bridgehead atoms. The van der Waals surface area contributed by atoms with E-state index in [1.54, 1.807) is 0 Å². The molecule has 9 aromatic rings. The molecule has 1 unspecified atom stereocenters. The van der Waals surface area contributed by atoms with Gasteiger partial charge in [0, 0.05) is 50.4 Å². The van der Waals surface area contributed by atoms with Crippen molar-refractivity contribution in [3.05, 3.63) is 253 Å². The molecule has 11 rings (SSSR count). The zero-order chi connectivity index (χ0) is 43.5. The lowest BCUT2D eigenvalue weighted by molar-refractivity contribution is 0.360. The van der Waals surface area contributed by atoms with E-state index in [1.165, 1.54) is 27.8 Å². The molecule has 0 N–H and O–H groups in total. The summed E-state index contributed by atoms with van der Waals surface area (Å²) >= 11 is 0. The Kier molecular flexibility index (Phi) is 10.7. The molecule has 3 heteroatoms. The highest BCUT2D eigenvalue weighted by atomic mass is 16.5. The lowest BCUT2D eigenvalue weighted by atomic mass is 9.93. The summed E-state index contributed by atoms with van der Waals surface area (Å²) < 4.78 is 12.8. The summed E-state index contributed by atoms with van der Waals surface area (Å²) in [5.74, 6) is 1.21. The van der Waals surface area contributed by atoms with Crippen molar-refractivity contribution in [3.63, 3.8) is 0 Å². The van der Waals surface area contributed by atoms with Gasteiger partial charge in [0.15, 0.2) is 0 Å². The fourth-order valence-electron chi connectivity index (χ4n) is 9.25. The van der Waals surface area contributed by atoms with Crippen molar-refractivity contribution >= 4 is 50.1 Å². The third kappa shape index (κ3) is 7.94. The van der Waals surface area contributed by atoms with Gasteiger partial charge in [-0.2, -0.15) is 0 Å². The number of anilines is 3. The first-order valence-electron chi connectivity index (χ1n) is 22.5. The van der Waals surface area contributed by atoms with E-state index >= 15 is 0 Å². The van der Waals surface area contributed by atoms with Crippen molar-refractivity contribution in [1.29, 1.82) is 0 Å². The first-order valence-corrected chi connectivity index (χ1v) is 22.5. The minimum atomic E-state index is 0.254. The quantitative estimate of drug-likeness (QED) is 0.152. The van der Waals surface area contributed by atoms with Crippen LogP contribution >= 0.6 is 0 Å². The molecular weight excluding hydrogens is 791 g/mol. The number of ether oxygens (including phenoxy) is 1. The van der Waals surface area contributed by atoms with Crippen LogP contribution in [0.15, 0.2) is 241 Å². The number of nitrogens with zero attached hydrogens (tertiary/aromatic N) is 1. The molecule has 2 heterocycles. The predicted octanol–water partition coefficient (Wildman–Crippen LogP) is 17.1. The third-order valence-corrected chi connectivity index (χ3v) is 12.7. The summed E-state index contributed by atoms with van der Waals surface area (Å²) in [6.07, 6.45) is 18.3. The average molecular weight is 838 g/mol. The SMILES string of the molecule is CC1/C=C\C=C/COc2c(-c3ccc(-c4ccc(N(c5ccc(C6=CC=C(c7cccc8c7oc7ccccc78)CC=C6)cc5)c5ccc(-c6ccccc6)cc5)cc4)cc3)cccc21. The number of rotatable bonds is 8. The average Bonchev–Trinajstić information content (AvgIpc) is 3.63. The molecule has 0 spiro atoms. The number of allylic oxidation sites excluding steroid dienone is 9. The summed E-state index contributed by atoms with van der Waals surface area (Å²) in [7, 11) is 0. The maximum absolute atomic E-state index is 6.40. The lowest BCUT2D eigenvalue weighted by Crippen LogP contribution is -2.09. The molecule has 0 saturated carbocycles. The van der Waals surface area contributed by atoms with Gasteiger partial charge in [-0.1, -0.05) is 195 Å². The molecule has 65 heavy (non-hydrogen) atoms. The van der Waals surface area contributed by atoms with E-state index in [4.69, 9.17) is 9.15 Å². The van der Waals surface area contributed by atoms with Gasteiger partial charge in [0.25, 0.3) is 0 Å². The Morgan fingerprint density at radius 1 is 0.477 bits per heavy atom. The Morgan fingerprint density at radius 3 is 1.78 bits per heavy atom. The van der Waals surface area contributed by atoms with Crippen LogP contribution in [0.25, 0.3) is 66.5 Å². The smallest absolute Gasteiger partial charge is 0.142 e. The largest absolute Gasteiger partial charge is 0.489 e. The summed E-state index contributed by atoms with van der Waals surface area (Å²) in [5, 5.41) is 2.30. The summed E-state index contributed by atoms with van der Waals surface area (Å²) in [6, 6.07) is 67.4. The van der Waals surface area contributed by atoms with Crippen LogP contribution in [0.1, 0.15) is 36.0 Å². The second-order valence-electron chi connectivity index (χ2n) is 16.8. The van der Waals surface area contributed by atoms with Crippen LogP contribution in [0.4, 0.5) is 17.1 Å². The lowest BCUT2D eigenvalue weighted by Gasteiger charge is -2.26. The molecule has 0 saturated heterocycles. The van der Waals surface area contributed by atoms with Gasteiger partial charge in [-0.15, -0.1) is 0 Å². The maximum Gasteiger partial charge on any atom is 0.142 e. The highest BCUT2D eigenvalue weighted by molar-refractivity contribution is 6.08. The fourth-order valence-corrected chi connectivity index (χ4v) is 9.25. The molecule has 312 valence electrons. The van der Waals surface area contributed by atoms with Gasteiger partial charge in [0.2, 0.25) is 0 Å². The maximum atomic E-state index is 6.40. The van der Waals surface area contributed by atoms with Crippen molar-refractivity contribution in [2.24, 2.45) is 0 Å². The van der Waals surface area contributed by atoms with E-state index in [0.29, 0.717) is 6.61 Å². The van der Waals surface area contributed by atoms with Crippen LogP contribution in [-0.4, -0.2) is 6.61 Å². The summed E-state index contributed by atoms with van der Waals surface area (Å²) in [4.78, 5) is 2.34. The zero-order valence-electron chi connectivity index (χ0n) is 36.3. The molecule has 0 radical (unpaired) electrons. The number of fused-ring (bicyclic) bond motifs is 4. The predicted molar refractivity (Wildman–Crippen MR) is 273 cm³/mol. The van der Waals surface area contributed by atoms with Crippen LogP contribution in [0.2, 0.25) is 0 Å². The molecule has 3 nitrogen and oxygen atoms in total. The first kappa shape index (κ1) is 39.7. The van der Waals surface area contributed by atoms with Crippen LogP contribution in [-0.2, 0) is 0 Å².